The van der Waals surface area contributed by atoms with E-state index < -0.39 is 5.54 Å². The van der Waals surface area contributed by atoms with Gasteiger partial charge < -0.3 is 9.64 Å². The minimum absolute atomic E-state index is 0.0222. The lowest BCUT2D eigenvalue weighted by Crippen LogP contribution is -2.47. The SMILES string of the molecule is CCOc1cc(F)cc(-c2cc(C)nc([C@H]3CC[C@@]4(CCN(C)C4=O)N3)c2)c1. The Balaban J connectivity index is 1.65. The van der Waals surface area contributed by atoms with Crippen LogP contribution in [0.15, 0.2) is 30.3 Å². The Bertz CT molecular complexity index is 917. The van der Waals surface area contributed by atoms with Crippen LogP contribution in [0.25, 0.3) is 11.1 Å². The summed E-state index contributed by atoms with van der Waals surface area (Å²) in [6.07, 6.45) is 2.52. The van der Waals surface area contributed by atoms with Gasteiger partial charge in [0.1, 0.15) is 17.1 Å². The monoisotopic (exact) mass is 383 g/mol. The highest BCUT2D eigenvalue weighted by Gasteiger charge is 2.50. The van der Waals surface area contributed by atoms with Crippen molar-refractivity contribution in [3.05, 3.63) is 47.5 Å². The van der Waals surface area contributed by atoms with Crippen molar-refractivity contribution in [2.24, 2.45) is 0 Å². The van der Waals surface area contributed by atoms with E-state index in [1.165, 1.54) is 12.1 Å². The van der Waals surface area contributed by atoms with E-state index in [4.69, 9.17) is 9.72 Å². The number of benzene rings is 1. The molecule has 1 aromatic heterocycles. The number of rotatable bonds is 4. The van der Waals surface area contributed by atoms with Gasteiger partial charge in [-0.1, -0.05) is 0 Å². The lowest BCUT2D eigenvalue weighted by Gasteiger charge is -2.23. The highest BCUT2D eigenvalue weighted by atomic mass is 19.1. The van der Waals surface area contributed by atoms with E-state index in [1.807, 2.05) is 39.1 Å². The first-order valence-corrected chi connectivity index (χ1v) is 9.86. The van der Waals surface area contributed by atoms with Crippen LogP contribution < -0.4 is 10.1 Å². The molecule has 0 aliphatic carbocycles. The van der Waals surface area contributed by atoms with Crippen LogP contribution in [0.2, 0.25) is 0 Å². The van der Waals surface area contributed by atoms with Crippen LogP contribution in [0.1, 0.15) is 43.6 Å². The lowest BCUT2D eigenvalue weighted by molar-refractivity contribution is -0.131. The maximum Gasteiger partial charge on any atom is 0.242 e. The number of carbonyl (C=O) groups excluding carboxylic acids is 1. The number of likely N-dealkylation sites (tertiary alicyclic amines) is 1. The molecule has 1 amide bonds. The number of halogens is 1. The fourth-order valence-electron chi connectivity index (χ4n) is 4.41. The number of hydrogen-bond acceptors (Lipinski definition) is 4. The zero-order valence-corrected chi connectivity index (χ0v) is 16.6. The molecule has 0 unspecified atom stereocenters. The van der Waals surface area contributed by atoms with E-state index in [2.05, 4.69) is 5.32 Å². The number of carbonyl (C=O) groups is 1. The molecular formula is C22H26FN3O2. The molecule has 1 aromatic carbocycles. The lowest BCUT2D eigenvalue weighted by atomic mass is 9.96. The van der Waals surface area contributed by atoms with Crippen LogP contribution in [0.3, 0.4) is 0 Å². The van der Waals surface area contributed by atoms with Crippen molar-refractivity contribution >= 4 is 5.91 Å². The van der Waals surface area contributed by atoms with Gasteiger partial charge in [-0.2, -0.15) is 0 Å². The Labute approximate surface area is 164 Å². The zero-order valence-electron chi connectivity index (χ0n) is 16.6. The number of nitrogens with one attached hydrogen (secondary N) is 1. The Morgan fingerprint density at radius 1 is 1.25 bits per heavy atom. The summed E-state index contributed by atoms with van der Waals surface area (Å²) in [5.74, 6) is 0.370. The number of aryl methyl sites for hydroxylation is 1. The van der Waals surface area contributed by atoms with Gasteiger partial charge in [-0.05, 0) is 68.5 Å². The molecule has 0 radical (unpaired) electrons. The van der Waals surface area contributed by atoms with Gasteiger partial charge in [-0.15, -0.1) is 0 Å². The molecule has 1 N–H and O–H groups in total. The maximum absolute atomic E-state index is 14.1. The highest BCUT2D eigenvalue weighted by molar-refractivity contribution is 5.88. The third-order valence-electron chi connectivity index (χ3n) is 5.79. The van der Waals surface area contributed by atoms with Gasteiger partial charge in [0.05, 0.1) is 18.3 Å². The Morgan fingerprint density at radius 3 is 2.75 bits per heavy atom. The van der Waals surface area contributed by atoms with Gasteiger partial charge in [0, 0.05) is 25.4 Å². The first-order valence-electron chi connectivity index (χ1n) is 9.86. The Hall–Kier alpha value is -2.47. The van der Waals surface area contributed by atoms with E-state index in [9.17, 15) is 9.18 Å². The first-order chi connectivity index (χ1) is 13.4. The number of likely N-dealkylation sites (N-methyl/N-ethyl adjacent to an activating group) is 1. The summed E-state index contributed by atoms with van der Waals surface area (Å²) in [6.45, 7) is 5.09. The molecular weight excluding hydrogens is 357 g/mol. The van der Waals surface area contributed by atoms with Crippen LogP contribution in [0, 0.1) is 12.7 Å². The fraction of sp³-hybridized carbons (Fsp3) is 0.455. The molecule has 2 aliphatic rings. The molecule has 3 heterocycles. The van der Waals surface area contributed by atoms with Crippen LogP contribution in [0.5, 0.6) is 5.75 Å². The topological polar surface area (TPSA) is 54.5 Å². The number of aromatic nitrogens is 1. The summed E-state index contributed by atoms with van der Waals surface area (Å²) in [4.78, 5) is 19.1. The first kappa shape index (κ1) is 18.9. The minimum atomic E-state index is -0.452. The smallest absolute Gasteiger partial charge is 0.242 e. The third kappa shape index (κ3) is 3.37. The van der Waals surface area contributed by atoms with E-state index in [1.54, 1.807) is 4.90 Å². The molecule has 4 rings (SSSR count). The van der Waals surface area contributed by atoms with Gasteiger partial charge in [-0.25, -0.2) is 4.39 Å². The van der Waals surface area contributed by atoms with Crippen molar-refractivity contribution in [2.75, 3.05) is 20.2 Å². The van der Waals surface area contributed by atoms with Crippen LogP contribution in [-0.4, -0.2) is 41.5 Å². The average molecular weight is 383 g/mol. The average Bonchev–Trinajstić information content (AvgIpc) is 3.21. The maximum atomic E-state index is 14.1. The van der Waals surface area contributed by atoms with Gasteiger partial charge >= 0.3 is 0 Å². The summed E-state index contributed by atoms with van der Waals surface area (Å²) in [6, 6.07) is 8.73. The Kier molecular flexibility index (Phi) is 4.83. The van der Waals surface area contributed by atoms with Gasteiger partial charge in [-0.3, -0.25) is 15.1 Å². The fourth-order valence-corrected chi connectivity index (χ4v) is 4.41. The van der Waals surface area contributed by atoms with E-state index in [0.717, 1.165) is 48.3 Å². The van der Waals surface area contributed by atoms with Crippen LogP contribution >= 0.6 is 0 Å². The standard InChI is InChI=1S/C22H26FN3O2/c1-4-28-18-11-16(10-17(23)13-18)15-9-14(2)24-20(12-15)19-5-6-22(25-19)7-8-26(3)21(22)27/h9-13,19,25H,4-8H2,1-3H3/t19-,22+/m1/s1. The Morgan fingerprint density at radius 2 is 2.04 bits per heavy atom. The number of pyridine rings is 1. The molecule has 2 aliphatic heterocycles. The van der Waals surface area contributed by atoms with Crippen LogP contribution in [0.4, 0.5) is 4.39 Å². The number of nitrogens with zero attached hydrogens (tertiary/aromatic N) is 2. The second-order valence-corrected chi connectivity index (χ2v) is 7.83. The number of hydrogen-bond donors (Lipinski definition) is 1. The molecule has 2 fully saturated rings. The van der Waals surface area contributed by atoms with Crippen molar-refractivity contribution in [2.45, 2.75) is 44.7 Å². The van der Waals surface area contributed by atoms with E-state index in [0.29, 0.717) is 12.4 Å². The van der Waals surface area contributed by atoms with Gasteiger partial charge in [0.15, 0.2) is 0 Å². The molecule has 28 heavy (non-hydrogen) atoms. The summed E-state index contributed by atoms with van der Waals surface area (Å²) < 4.78 is 19.6. The van der Waals surface area contributed by atoms with Gasteiger partial charge in [0.2, 0.25) is 5.91 Å². The highest BCUT2D eigenvalue weighted by Crippen LogP contribution is 2.39. The number of ether oxygens (including phenoxy) is 1. The largest absolute Gasteiger partial charge is 0.494 e. The normalized spacial score (nSPS) is 24.4. The molecule has 1 spiro atoms. The van der Waals surface area contributed by atoms with Crippen LogP contribution in [-0.2, 0) is 4.79 Å². The molecule has 0 bridgehead atoms. The zero-order chi connectivity index (χ0) is 19.9. The second-order valence-electron chi connectivity index (χ2n) is 7.83. The van der Waals surface area contributed by atoms with Crippen molar-refractivity contribution in [3.63, 3.8) is 0 Å². The summed E-state index contributed by atoms with van der Waals surface area (Å²) >= 11 is 0. The number of amides is 1. The molecule has 148 valence electrons. The molecule has 2 aromatic rings. The summed E-state index contributed by atoms with van der Waals surface area (Å²) in [5.41, 5.74) is 2.98. The van der Waals surface area contributed by atoms with E-state index in [-0.39, 0.29) is 17.8 Å². The predicted octanol–water partition coefficient (Wildman–Crippen LogP) is 3.62. The predicted molar refractivity (Wildman–Crippen MR) is 106 cm³/mol. The van der Waals surface area contributed by atoms with E-state index >= 15 is 0 Å². The molecule has 5 nitrogen and oxygen atoms in total. The molecule has 2 saturated heterocycles. The molecule has 2 atom stereocenters. The van der Waals surface area contributed by atoms with Crippen molar-refractivity contribution < 1.29 is 13.9 Å². The third-order valence-corrected chi connectivity index (χ3v) is 5.79. The quantitative estimate of drug-likeness (QED) is 0.876. The summed E-state index contributed by atoms with van der Waals surface area (Å²) in [7, 11) is 1.86. The molecule has 6 heteroatoms. The van der Waals surface area contributed by atoms with Crippen molar-refractivity contribution in [3.8, 4) is 16.9 Å². The van der Waals surface area contributed by atoms with Gasteiger partial charge in [0.25, 0.3) is 0 Å². The minimum Gasteiger partial charge on any atom is -0.494 e. The van der Waals surface area contributed by atoms with Crippen molar-refractivity contribution in [1.82, 2.24) is 15.2 Å². The molecule has 0 saturated carbocycles. The van der Waals surface area contributed by atoms with Crippen molar-refractivity contribution in [1.29, 1.82) is 0 Å². The summed E-state index contributed by atoms with van der Waals surface area (Å²) in [5, 5.41) is 3.56. The second kappa shape index (κ2) is 7.17.